The first-order valence-corrected chi connectivity index (χ1v) is 8.27. The topological polar surface area (TPSA) is 83.4 Å². The molecule has 2 heterocycles. The number of hydrogen-bond donors (Lipinski definition) is 1. The number of aryl methyl sites for hydroxylation is 3. The number of hydrogen-bond acceptors (Lipinski definition) is 4. The number of fused-ring (bicyclic) bond motifs is 1. The second-order valence-electron chi connectivity index (χ2n) is 6.74. The summed E-state index contributed by atoms with van der Waals surface area (Å²) in [5, 5.41) is 9.56. The average Bonchev–Trinajstić information content (AvgIpc) is 2.90. The Hall–Kier alpha value is -1.98. The van der Waals surface area contributed by atoms with E-state index in [0.29, 0.717) is 29.4 Å². The van der Waals surface area contributed by atoms with E-state index in [1.54, 1.807) is 11.8 Å². The van der Waals surface area contributed by atoms with E-state index in [4.69, 9.17) is 0 Å². The summed E-state index contributed by atoms with van der Waals surface area (Å²) >= 11 is 0. The highest BCUT2D eigenvalue weighted by Crippen LogP contribution is 2.40. The van der Waals surface area contributed by atoms with Gasteiger partial charge in [-0.3, -0.25) is 9.78 Å². The van der Waals surface area contributed by atoms with Crippen LogP contribution >= 0.6 is 0 Å². The minimum Gasteiger partial charge on any atom is -0.480 e. The van der Waals surface area contributed by atoms with Gasteiger partial charge in [-0.25, -0.2) is 9.78 Å². The summed E-state index contributed by atoms with van der Waals surface area (Å²) in [5.74, 6) is -0.893. The van der Waals surface area contributed by atoms with Gasteiger partial charge in [-0.05, 0) is 46.0 Å². The zero-order chi connectivity index (χ0) is 16.7. The third kappa shape index (κ3) is 2.71. The Labute approximate surface area is 135 Å². The standard InChI is InChI=1S/C17H23N3O3/c1-9-10(2)19-15(11(3)18-9)16(21)20-13-7-5-4-6-12(13)8-14(20)17(22)23/h12-14H,4-8H2,1-3H3,(H,22,23). The molecule has 6 nitrogen and oxygen atoms in total. The van der Waals surface area contributed by atoms with Gasteiger partial charge in [0.2, 0.25) is 0 Å². The number of amides is 1. The maximum atomic E-state index is 13.1. The normalized spacial score (nSPS) is 26.9. The van der Waals surface area contributed by atoms with Crippen molar-refractivity contribution in [2.45, 2.75) is 65.0 Å². The van der Waals surface area contributed by atoms with Crippen LogP contribution < -0.4 is 0 Å². The second kappa shape index (κ2) is 5.91. The molecule has 1 aromatic heterocycles. The average molecular weight is 317 g/mol. The first-order valence-electron chi connectivity index (χ1n) is 8.27. The number of aliphatic carboxylic acids is 1. The third-order valence-electron chi connectivity index (χ3n) is 5.29. The van der Waals surface area contributed by atoms with Crippen molar-refractivity contribution in [1.29, 1.82) is 0 Å². The Morgan fingerprint density at radius 1 is 1.04 bits per heavy atom. The fourth-order valence-electron chi connectivity index (χ4n) is 4.01. The van der Waals surface area contributed by atoms with E-state index < -0.39 is 12.0 Å². The number of rotatable bonds is 2. The second-order valence-corrected chi connectivity index (χ2v) is 6.74. The zero-order valence-corrected chi connectivity index (χ0v) is 13.9. The maximum Gasteiger partial charge on any atom is 0.326 e. The summed E-state index contributed by atoms with van der Waals surface area (Å²) in [4.78, 5) is 35.1. The lowest BCUT2D eigenvalue weighted by atomic mass is 9.84. The molecule has 1 saturated carbocycles. The quantitative estimate of drug-likeness (QED) is 0.904. The van der Waals surface area contributed by atoms with E-state index >= 15 is 0 Å². The third-order valence-corrected chi connectivity index (χ3v) is 5.29. The molecule has 0 radical (unpaired) electrons. The molecule has 1 aromatic rings. The predicted molar refractivity (Wildman–Crippen MR) is 84.2 cm³/mol. The molecular weight excluding hydrogens is 294 g/mol. The summed E-state index contributed by atoms with van der Waals surface area (Å²) in [6.07, 6.45) is 4.63. The molecule has 0 bridgehead atoms. The van der Waals surface area contributed by atoms with Crippen LogP contribution in [0.2, 0.25) is 0 Å². The molecule has 0 spiro atoms. The molecule has 2 aliphatic rings. The van der Waals surface area contributed by atoms with Crippen LogP contribution in [0.5, 0.6) is 0 Å². The lowest BCUT2D eigenvalue weighted by Crippen LogP contribution is -2.46. The predicted octanol–water partition coefficient (Wildman–Crippen LogP) is 2.26. The molecule has 0 aromatic carbocycles. The molecular formula is C17H23N3O3. The highest BCUT2D eigenvalue weighted by atomic mass is 16.4. The first kappa shape index (κ1) is 15.9. The van der Waals surface area contributed by atoms with Crippen LogP contribution in [0.3, 0.4) is 0 Å². The van der Waals surface area contributed by atoms with E-state index in [9.17, 15) is 14.7 Å². The molecule has 3 unspecified atom stereocenters. The summed E-state index contributed by atoms with van der Waals surface area (Å²) in [6.45, 7) is 5.44. The molecule has 1 aliphatic heterocycles. The number of carbonyl (C=O) groups excluding carboxylic acids is 1. The van der Waals surface area contributed by atoms with Gasteiger partial charge < -0.3 is 10.0 Å². The molecule has 1 N–H and O–H groups in total. The summed E-state index contributed by atoms with van der Waals surface area (Å²) in [7, 11) is 0. The van der Waals surface area contributed by atoms with Gasteiger partial charge >= 0.3 is 5.97 Å². The van der Waals surface area contributed by atoms with Crippen molar-refractivity contribution in [3.63, 3.8) is 0 Å². The Morgan fingerprint density at radius 3 is 2.39 bits per heavy atom. The lowest BCUT2D eigenvalue weighted by molar-refractivity contribution is -0.141. The van der Waals surface area contributed by atoms with Crippen molar-refractivity contribution >= 4 is 11.9 Å². The molecule has 3 rings (SSSR count). The minimum atomic E-state index is -0.915. The Kier molecular flexibility index (Phi) is 4.08. The van der Waals surface area contributed by atoms with Crippen LogP contribution in [-0.2, 0) is 4.79 Å². The number of carboxylic acid groups (broad SMARTS) is 1. The molecule has 1 aliphatic carbocycles. The SMILES string of the molecule is Cc1nc(C)c(C(=O)N2C(C(=O)O)CC3CCCCC32)nc1C. The van der Waals surface area contributed by atoms with Gasteiger partial charge in [-0.2, -0.15) is 0 Å². The van der Waals surface area contributed by atoms with Crippen LogP contribution in [0.1, 0.15) is 59.7 Å². The van der Waals surface area contributed by atoms with Crippen LogP contribution in [0.25, 0.3) is 0 Å². The molecule has 1 amide bonds. The summed E-state index contributed by atoms with van der Waals surface area (Å²) < 4.78 is 0. The molecule has 124 valence electrons. The minimum absolute atomic E-state index is 0.0279. The van der Waals surface area contributed by atoms with Crippen molar-refractivity contribution in [1.82, 2.24) is 14.9 Å². The highest BCUT2D eigenvalue weighted by Gasteiger charge is 2.48. The monoisotopic (exact) mass is 317 g/mol. The lowest BCUT2D eigenvalue weighted by Gasteiger charge is -2.33. The first-order chi connectivity index (χ1) is 10.9. The molecule has 2 fully saturated rings. The highest BCUT2D eigenvalue weighted by molar-refractivity contribution is 5.96. The van der Waals surface area contributed by atoms with Crippen LogP contribution in [0, 0.1) is 26.7 Å². The van der Waals surface area contributed by atoms with Crippen LogP contribution in [0.4, 0.5) is 0 Å². The van der Waals surface area contributed by atoms with Gasteiger partial charge in [0, 0.05) is 6.04 Å². The van der Waals surface area contributed by atoms with Crippen molar-refractivity contribution in [2.24, 2.45) is 5.92 Å². The van der Waals surface area contributed by atoms with Crippen molar-refractivity contribution in [2.75, 3.05) is 0 Å². The molecule has 1 saturated heterocycles. The maximum absolute atomic E-state index is 13.1. The van der Waals surface area contributed by atoms with Crippen molar-refractivity contribution < 1.29 is 14.7 Å². The molecule has 6 heteroatoms. The Balaban J connectivity index is 1.98. The number of likely N-dealkylation sites (tertiary alicyclic amines) is 1. The van der Waals surface area contributed by atoms with Gasteiger partial charge in [0.25, 0.3) is 5.91 Å². The largest absolute Gasteiger partial charge is 0.480 e. The fourth-order valence-corrected chi connectivity index (χ4v) is 4.01. The van der Waals surface area contributed by atoms with Gasteiger partial charge in [-0.1, -0.05) is 12.8 Å². The van der Waals surface area contributed by atoms with Crippen molar-refractivity contribution in [3.8, 4) is 0 Å². The summed E-state index contributed by atoms with van der Waals surface area (Å²) in [6, 6.07) is -0.710. The number of aromatic nitrogens is 2. The van der Waals surface area contributed by atoms with Gasteiger partial charge in [-0.15, -0.1) is 0 Å². The van der Waals surface area contributed by atoms with E-state index in [-0.39, 0.29) is 11.9 Å². The van der Waals surface area contributed by atoms with E-state index in [1.165, 1.54) is 0 Å². The Morgan fingerprint density at radius 2 is 1.70 bits per heavy atom. The van der Waals surface area contributed by atoms with E-state index in [2.05, 4.69) is 9.97 Å². The molecule has 3 atom stereocenters. The fraction of sp³-hybridized carbons (Fsp3) is 0.647. The smallest absolute Gasteiger partial charge is 0.326 e. The zero-order valence-electron chi connectivity index (χ0n) is 13.9. The van der Waals surface area contributed by atoms with Gasteiger partial charge in [0.15, 0.2) is 0 Å². The molecule has 23 heavy (non-hydrogen) atoms. The van der Waals surface area contributed by atoms with Gasteiger partial charge in [0.05, 0.1) is 17.1 Å². The van der Waals surface area contributed by atoms with Crippen LogP contribution in [-0.4, -0.2) is 43.9 Å². The van der Waals surface area contributed by atoms with Crippen molar-refractivity contribution in [3.05, 3.63) is 22.8 Å². The van der Waals surface area contributed by atoms with Gasteiger partial charge in [0.1, 0.15) is 11.7 Å². The van der Waals surface area contributed by atoms with E-state index in [1.807, 2.05) is 13.8 Å². The summed E-state index contributed by atoms with van der Waals surface area (Å²) in [5.41, 5.74) is 2.38. The number of carbonyl (C=O) groups is 2. The number of nitrogens with zero attached hydrogens (tertiary/aromatic N) is 3. The van der Waals surface area contributed by atoms with E-state index in [0.717, 1.165) is 31.4 Å². The van der Waals surface area contributed by atoms with Crippen LogP contribution in [0.15, 0.2) is 0 Å². The number of carboxylic acids is 1. The Bertz CT molecular complexity index is 659.